The Labute approximate surface area is 161 Å². The van der Waals surface area contributed by atoms with E-state index in [4.69, 9.17) is 4.74 Å². The Morgan fingerprint density at radius 2 is 1.93 bits per heavy atom. The number of hydrogen-bond donors (Lipinski definition) is 2. The van der Waals surface area contributed by atoms with Crippen LogP contribution in [-0.2, 0) is 4.79 Å². The van der Waals surface area contributed by atoms with E-state index in [0.29, 0.717) is 18.8 Å². The molecule has 2 N–H and O–H groups in total. The Bertz CT molecular complexity index is 627. The van der Waals surface area contributed by atoms with Gasteiger partial charge in [-0.2, -0.15) is 0 Å². The summed E-state index contributed by atoms with van der Waals surface area (Å²) in [4.78, 5) is 19.1. The van der Waals surface area contributed by atoms with Crippen LogP contribution in [0.2, 0.25) is 0 Å². The fourth-order valence-corrected chi connectivity index (χ4v) is 3.98. The fourth-order valence-electron chi connectivity index (χ4n) is 3.98. The fraction of sp³-hybridized carbons (Fsp3) is 0.650. The van der Waals surface area contributed by atoms with Gasteiger partial charge in [0.25, 0.3) is 5.91 Å². The number of nitrogens with zero attached hydrogens (tertiary/aromatic N) is 3. The summed E-state index contributed by atoms with van der Waals surface area (Å²) in [6.07, 6.45) is 1.16. The number of ether oxygens (including phenoxy) is 1. The summed E-state index contributed by atoms with van der Waals surface area (Å²) in [5, 5.41) is 19.5. The second-order valence-electron chi connectivity index (χ2n) is 7.72. The molecule has 0 aromatic heterocycles. The lowest BCUT2D eigenvalue weighted by Crippen LogP contribution is -2.37. The number of aromatic hydroxyl groups is 1. The van der Waals surface area contributed by atoms with Crippen molar-refractivity contribution in [2.75, 3.05) is 66.1 Å². The van der Waals surface area contributed by atoms with Gasteiger partial charge in [-0.1, -0.05) is 12.1 Å². The van der Waals surface area contributed by atoms with Crippen molar-refractivity contribution < 1.29 is 19.7 Å². The van der Waals surface area contributed by atoms with Crippen LogP contribution < -0.4 is 4.74 Å². The number of aliphatic hydroxyl groups excluding tert-OH is 1. The highest BCUT2D eigenvalue weighted by atomic mass is 16.5. The van der Waals surface area contributed by atoms with Gasteiger partial charge in [0.2, 0.25) is 0 Å². The monoisotopic (exact) mass is 377 g/mol. The van der Waals surface area contributed by atoms with Gasteiger partial charge in [0.1, 0.15) is 0 Å². The van der Waals surface area contributed by atoms with Crippen molar-refractivity contribution in [1.82, 2.24) is 14.7 Å². The van der Waals surface area contributed by atoms with E-state index in [1.807, 2.05) is 0 Å². The van der Waals surface area contributed by atoms with E-state index in [9.17, 15) is 15.0 Å². The molecule has 27 heavy (non-hydrogen) atoms. The molecular formula is C20H31N3O4. The van der Waals surface area contributed by atoms with Crippen LogP contribution in [-0.4, -0.2) is 96.9 Å². The number of rotatable bonds is 6. The highest BCUT2D eigenvalue weighted by Crippen LogP contribution is 2.26. The molecule has 7 heteroatoms. The molecule has 1 aromatic carbocycles. The molecule has 2 heterocycles. The average molecular weight is 377 g/mol. The van der Waals surface area contributed by atoms with Gasteiger partial charge in [-0.05, 0) is 44.6 Å². The summed E-state index contributed by atoms with van der Waals surface area (Å²) in [7, 11) is 2.15. The van der Waals surface area contributed by atoms with Crippen molar-refractivity contribution in [3.63, 3.8) is 0 Å². The standard InChI is InChI=1S/C20H31N3O4/c1-21-7-4-8-22(10-9-21)11-16-12-23(13-17(16)14-24)20(26)15-27-19-6-3-2-5-18(19)25/h2-3,5-6,16-17,24-25H,4,7-15H2,1H3/t16-,17-/m1/s1. The van der Waals surface area contributed by atoms with Crippen molar-refractivity contribution in [3.05, 3.63) is 24.3 Å². The molecule has 1 aromatic rings. The average Bonchev–Trinajstić information content (AvgIpc) is 2.96. The van der Waals surface area contributed by atoms with E-state index in [2.05, 4.69) is 16.8 Å². The zero-order valence-corrected chi connectivity index (χ0v) is 16.1. The first-order valence-corrected chi connectivity index (χ1v) is 9.77. The summed E-state index contributed by atoms with van der Waals surface area (Å²) >= 11 is 0. The number of amides is 1. The minimum Gasteiger partial charge on any atom is -0.504 e. The smallest absolute Gasteiger partial charge is 0.260 e. The lowest BCUT2D eigenvalue weighted by Gasteiger charge is -2.26. The minimum atomic E-state index is -0.102. The van der Waals surface area contributed by atoms with Crippen LogP contribution in [0.25, 0.3) is 0 Å². The zero-order chi connectivity index (χ0) is 19.2. The van der Waals surface area contributed by atoms with Gasteiger partial charge in [-0.3, -0.25) is 4.79 Å². The van der Waals surface area contributed by atoms with E-state index in [-0.39, 0.29) is 36.7 Å². The minimum absolute atomic E-state index is 0.0314. The number of phenolic OH excluding ortho intramolecular Hbond substituents is 1. The number of hydrogen-bond acceptors (Lipinski definition) is 6. The molecule has 2 aliphatic heterocycles. The van der Waals surface area contributed by atoms with Crippen molar-refractivity contribution >= 4 is 5.91 Å². The van der Waals surface area contributed by atoms with Crippen LogP contribution in [0.5, 0.6) is 11.5 Å². The van der Waals surface area contributed by atoms with Gasteiger partial charge < -0.3 is 29.6 Å². The summed E-state index contributed by atoms with van der Waals surface area (Å²) < 4.78 is 5.47. The van der Waals surface area contributed by atoms with Crippen molar-refractivity contribution in [2.24, 2.45) is 11.8 Å². The van der Waals surface area contributed by atoms with E-state index >= 15 is 0 Å². The third-order valence-corrected chi connectivity index (χ3v) is 5.68. The van der Waals surface area contributed by atoms with Gasteiger partial charge in [-0.25, -0.2) is 0 Å². The Kier molecular flexibility index (Phi) is 6.93. The Morgan fingerprint density at radius 3 is 2.70 bits per heavy atom. The van der Waals surface area contributed by atoms with Crippen LogP contribution in [0.4, 0.5) is 0 Å². The van der Waals surface area contributed by atoms with Gasteiger partial charge in [0, 0.05) is 45.2 Å². The van der Waals surface area contributed by atoms with E-state index in [1.165, 1.54) is 6.07 Å². The van der Waals surface area contributed by atoms with Crippen LogP contribution in [0.3, 0.4) is 0 Å². The normalized spacial score (nSPS) is 24.7. The lowest BCUT2D eigenvalue weighted by molar-refractivity contribution is -0.132. The molecule has 7 nitrogen and oxygen atoms in total. The number of aliphatic hydroxyl groups is 1. The maximum absolute atomic E-state index is 12.5. The predicted octanol–water partition coefficient (Wildman–Crippen LogP) is 0.475. The second-order valence-corrected chi connectivity index (χ2v) is 7.72. The Hall–Kier alpha value is -1.83. The molecule has 2 aliphatic rings. The topological polar surface area (TPSA) is 76.5 Å². The van der Waals surface area contributed by atoms with Crippen molar-refractivity contribution in [3.8, 4) is 11.5 Å². The molecule has 0 spiro atoms. The summed E-state index contributed by atoms with van der Waals surface area (Å²) in [6, 6.07) is 6.64. The summed E-state index contributed by atoms with van der Waals surface area (Å²) in [6.45, 7) is 6.44. The third-order valence-electron chi connectivity index (χ3n) is 5.68. The number of carbonyl (C=O) groups excluding carboxylic acids is 1. The largest absolute Gasteiger partial charge is 0.504 e. The van der Waals surface area contributed by atoms with Gasteiger partial charge in [0.05, 0.1) is 0 Å². The van der Waals surface area contributed by atoms with E-state index in [1.54, 1.807) is 23.1 Å². The Balaban J connectivity index is 1.52. The molecule has 0 unspecified atom stereocenters. The van der Waals surface area contributed by atoms with Gasteiger partial charge in [-0.15, -0.1) is 0 Å². The number of carbonyl (C=O) groups is 1. The molecule has 1 amide bonds. The summed E-state index contributed by atoms with van der Waals surface area (Å²) in [5.41, 5.74) is 0. The molecule has 0 saturated carbocycles. The van der Waals surface area contributed by atoms with Crippen molar-refractivity contribution in [2.45, 2.75) is 6.42 Å². The molecule has 150 valence electrons. The van der Waals surface area contributed by atoms with Gasteiger partial charge >= 0.3 is 0 Å². The lowest BCUT2D eigenvalue weighted by atomic mass is 9.96. The first kappa shape index (κ1) is 19.9. The molecule has 2 fully saturated rings. The molecule has 3 rings (SSSR count). The second kappa shape index (κ2) is 9.39. The number of likely N-dealkylation sites (tertiary alicyclic amines) is 1. The number of phenols is 1. The molecular weight excluding hydrogens is 346 g/mol. The van der Waals surface area contributed by atoms with Gasteiger partial charge in [0.15, 0.2) is 18.1 Å². The molecule has 0 bridgehead atoms. The Morgan fingerprint density at radius 1 is 1.15 bits per heavy atom. The maximum atomic E-state index is 12.5. The maximum Gasteiger partial charge on any atom is 0.260 e. The van der Waals surface area contributed by atoms with Crippen LogP contribution in [0.15, 0.2) is 24.3 Å². The molecule has 0 aliphatic carbocycles. The number of para-hydroxylation sites is 2. The van der Waals surface area contributed by atoms with Crippen LogP contribution >= 0.6 is 0 Å². The van der Waals surface area contributed by atoms with Crippen LogP contribution in [0, 0.1) is 11.8 Å². The molecule has 2 atom stereocenters. The first-order chi connectivity index (χ1) is 13.1. The van der Waals surface area contributed by atoms with E-state index < -0.39 is 0 Å². The first-order valence-electron chi connectivity index (χ1n) is 9.77. The highest BCUT2D eigenvalue weighted by molar-refractivity contribution is 5.78. The predicted molar refractivity (Wildman–Crippen MR) is 103 cm³/mol. The molecule has 0 radical (unpaired) electrons. The zero-order valence-electron chi connectivity index (χ0n) is 16.1. The quantitative estimate of drug-likeness (QED) is 0.751. The third kappa shape index (κ3) is 5.34. The van der Waals surface area contributed by atoms with Crippen molar-refractivity contribution in [1.29, 1.82) is 0 Å². The number of benzene rings is 1. The number of likely N-dealkylation sites (N-methyl/N-ethyl adjacent to an activating group) is 1. The molecule has 2 saturated heterocycles. The highest BCUT2D eigenvalue weighted by Gasteiger charge is 2.36. The summed E-state index contributed by atoms with van der Waals surface area (Å²) in [5.74, 6) is 0.639. The van der Waals surface area contributed by atoms with Crippen LogP contribution in [0.1, 0.15) is 6.42 Å². The van der Waals surface area contributed by atoms with E-state index in [0.717, 1.165) is 39.1 Å². The SMILES string of the molecule is CN1CCCN(C[C@@H]2CN(C(=O)COc3ccccc3O)C[C@@H]2CO)CC1.